The summed E-state index contributed by atoms with van der Waals surface area (Å²) in [5.74, 6) is -4.15. The number of anilines is 2. The molecule has 6 nitrogen and oxygen atoms in total. The van der Waals surface area contributed by atoms with Crippen molar-refractivity contribution in [1.82, 2.24) is 0 Å². The number of carbonyl (C=O) groups is 2. The molecule has 0 aliphatic heterocycles. The van der Waals surface area contributed by atoms with Gasteiger partial charge in [0, 0.05) is 22.5 Å². The summed E-state index contributed by atoms with van der Waals surface area (Å²) in [4.78, 5) is 37.3. The Bertz CT molecular complexity index is 1440. The minimum absolute atomic E-state index is 0.0769. The van der Waals surface area contributed by atoms with Crippen LogP contribution in [0.2, 0.25) is 0 Å². The van der Waals surface area contributed by atoms with E-state index in [1.54, 1.807) is 41.5 Å². The minimum Gasteiger partial charge on any atom is -0.453 e. The lowest BCUT2D eigenvalue weighted by atomic mass is 9.95. The number of hydrogen-bond donors (Lipinski definition) is 2. The largest absolute Gasteiger partial charge is 0.453 e. The van der Waals surface area contributed by atoms with Crippen LogP contribution in [0.4, 0.5) is 24.5 Å². The summed E-state index contributed by atoms with van der Waals surface area (Å²) >= 11 is 0.742. The maximum atomic E-state index is 15.2. The van der Waals surface area contributed by atoms with Gasteiger partial charge in [0.1, 0.15) is 11.6 Å². The Balaban J connectivity index is 2.18. The Morgan fingerprint density at radius 2 is 1.47 bits per heavy atom. The fraction of sp³-hybridized carbons (Fsp3) is 0.346. The monoisotopic (exact) mass is 520 g/mol. The zero-order chi connectivity index (χ0) is 27.2. The molecule has 2 aromatic carbocycles. The smallest absolute Gasteiger partial charge is 0.229 e. The van der Waals surface area contributed by atoms with Gasteiger partial charge in [-0.3, -0.25) is 14.4 Å². The van der Waals surface area contributed by atoms with Gasteiger partial charge in [-0.25, -0.2) is 13.2 Å². The second kappa shape index (κ2) is 9.65. The van der Waals surface area contributed by atoms with E-state index in [0.717, 1.165) is 23.9 Å². The fourth-order valence-corrected chi connectivity index (χ4v) is 3.68. The SMILES string of the molecule is CSc1c(F)c(NC(=O)C(C)(C)C)c2c(=O)cc(-c3ccc(NC(=O)C(C)(C)C)c(F)c3)oc2c1F. The highest BCUT2D eigenvalue weighted by Gasteiger charge is 2.29. The first-order valence-electron chi connectivity index (χ1n) is 11.0. The van der Waals surface area contributed by atoms with Crippen molar-refractivity contribution >= 4 is 45.9 Å². The van der Waals surface area contributed by atoms with Gasteiger partial charge in [0.05, 0.1) is 21.7 Å². The third-order valence-corrected chi connectivity index (χ3v) is 6.09. The van der Waals surface area contributed by atoms with E-state index in [-0.39, 0.29) is 17.0 Å². The standard InChI is InChI=1S/C26H27F3N2O4S/c1-25(2,3)23(33)30-14-9-8-12(10-13(14)27)16-11-15(32)17-20(31-24(34)26(4,5)6)18(28)22(36-7)19(29)21(17)35-16/h8-11H,1-7H3,(H,30,33)(H,31,34). The van der Waals surface area contributed by atoms with Gasteiger partial charge in [-0.15, -0.1) is 11.8 Å². The van der Waals surface area contributed by atoms with Gasteiger partial charge in [-0.2, -0.15) is 0 Å². The van der Waals surface area contributed by atoms with Crippen LogP contribution in [0.1, 0.15) is 41.5 Å². The van der Waals surface area contributed by atoms with Gasteiger partial charge in [0.25, 0.3) is 0 Å². The summed E-state index contributed by atoms with van der Waals surface area (Å²) in [6.45, 7) is 9.84. The molecule has 0 atom stereocenters. The van der Waals surface area contributed by atoms with E-state index in [0.29, 0.717) is 0 Å². The Kier molecular flexibility index (Phi) is 7.32. The lowest BCUT2D eigenvalue weighted by Crippen LogP contribution is -2.29. The predicted octanol–water partition coefficient (Wildman–Crippen LogP) is 6.57. The third kappa shape index (κ3) is 5.28. The molecule has 0 aliphatic rings. The molecule has 3 rings (SSSR count). The van der Waals surface area contributed by atoms with Crippen LogP contribution in [0, 0.1) is 28.3 Å². The molecular formula is C26H27F3N2O4S. The number of fused-ring (bicyclic) bond motifs is 1. The molecule has 0 spiro atoms. The second-order valence-corrected chi connectivity index (χ2v) is 11.1. The first-order valence-corrected chi connectivity index (χ1v) is 12.2. The summed E-state index contributed by atoms with van der Waals surface area (Å²) in [6, 6.07) is 4.68. The van der Waals surface area contributed by atoms with E-state index in [9.17, 15) is 18.8 Å². The molecule has 0 radical (unpaired) electrons. The van der Waals surface area contributed by atoms with Crippen LogP contribution in [0.3, 0.4) is 0 Å². The number of hydrogen-bond acceptors (Lipinski definition) is 5. The number of rotatable bonds is 4. The normalized spacial score (nSPS) is 12.1. The molecular weight excluding hydrogens is 493 g/mol. The highest BCUT2D eigenvalue weighted by Crippen LogP contribution is 2.38. The lowest BCUT2D eigenvalue weighted by Gasteiger charge is -2.20. The summed E-state index contributed by atoms with van der Waals surface area (Å²) in [7, 11) is 0. The van der Waals surface area contributed by atoms with Gasteiger partial charge in [-0.1, -0.05) is 41.5 Å². The van der Waals surface area contributed by atoms with E-state index >= 15 is 8.78 Å². The molecule has 1 aromatic heterocycles. The zero-order valence-corrected chi connectivity index (χ0v) is 21.8. The van der Waals surface area contributed by atoms with Crippen LogP contribution in [-0.2, 0) is 9.59 Å². The molecule has 0 fully saturated rings. The van der Waals surface area contributed by atoms with Crippen molar-refractivity contribution in [3.8, 4) is 11.3 Å². The Morgan fingerprint density at radius 1 is 0.889 bits per heavy atom. The fourth-order valence-electron chi connectivity index (χ4n) is 3.13. The van der Waals surface area contributed by atoms with Crippen LogP contribution < -0.4 is 16.1 Å². The molecule has 0 bridgehead atoms. The number of benzene rings is 2. The molecule has 0 unspecified atom stereocenters. The van der Waals surface area contributed by atoms with Crippen LogP contribution in [0.15, 0.2) is 38.4 Å². The number of carbonyl (C=O) groups excluding carboxylic acids is 2. The van der Waals surface area contributed by atoms with Crippen molar-refractivity contribution in [2.75, 3.05) is 16.9 Å². The molecule has 0 saturated carbocycles. The average molecular weight is 521 g/mol. The van der Waals surface area contributed by atoms with Gasteiger partial charge in [-0.05, 0) is 24.5 Å². The Labute approximate surface area is 210 Å². The first kappa shape index (κ1) is 27.3. The second-order valence-electron chi connectivity index (χ2n) is 10.3. The molecule has 2 N–H and O–H groups in total. The van der Waals surface area contributed by atoms with E-state index in [2.05, 4.69) is 10.6 Å². The summed E-state index contributed by atoms with van der Waals surface area (Å²) in [5.41, 5.74) is -3.54. The van der Waals surface area contributed by atoms with Crippen molar-refractivity contribution in [3.63, 3.8) is 0 Å². The number of thioether (sulfide) groups is 1. The molecule has 1 heterocycles. The van der Waals surface area contributed by atoms with E-state index < -0.39 is 67.1 Å². The molecule has 192 valence electrons. The lowest BCUT2D eigenvalue weighted by molar-refractivity contribution is -0.123. The van der Waals surface area contributed by atoms with Gasteiger partial charge in [0.15, 0.2) is 22.6 Å². The molecule has 3 aromatic rings. The first-order chi connectivity index (χ1) is 16.6. The molecule has 0 saturated heterocycles. The maximum absolute atomic E-state index is 15.2. The van der Waals surface area contributed by atoms with Gasteiger partial charge in [0.2, 0.25) is 11.8 Å². The third-order valence-electron chi connectivity index (χ3n) is 5.32. The molecule has 2 amide bonds. The topological polar surface area (TPSA) is 88.4 Å². The van der Waals surface area contributed by atoms with Crippen molar-refractivity contribution in [1.29, 1.82) is 0 Å². The van der Waals surface area contributed by atoms with E-state index in [1.807, 2.05) is 0 Å². The summed E-state index contributed by atoms with van der Waals surface area (Å²) < 4.78 is 50.8. The van der Waals surface area contributed by atoms with Crippen LogP contribution in [0.25, 0.3) is 22.3 Å². The maximum Gasteiger partial charge on any atom is 0.229 e. The van der Waals surface area contributed by atoms with E-state index in [1.165, 1.54) is 18.4 Å². The van der Waals surface area contributed by atoms with Crippen molar-refractivity contribution < 1.29 is 27.2 Å². The summed E-state index contributed by atoms with van der Waals surface area (Å²) in [6.07, 6.45) is 1.44. The quantitative estimate of drug-likeness (QED) is 0.380. The Morgan fingerprint density at radius 3 is 2.00 bits per heavy atom. The Hall–Kier alpha value is -3.27. The van der Waals surface area contributed by atoms with Crippen molar-refractivity contribution in [3.05, 3.63) is 51.9 Å². The molecule has 10 heteroatoms. The van der Waals surface area contributed by atoms with Crippen molar-refractivity contribution in [2.24, 2.45) is 10.8 Å². The van der Waals surface area contributed by atoms with Crippen LogP contribution in [-0.4, -0.2) is 18.1 Å². The molecule has 36 heavy (non-hydrogen) atoms. The molecule has 0 aliphatic carbocycles. The zero-order valence-electron chi connectivity index (χ0n) is 21.0. The number of amides is 2. The minimum atomic E-state index is -1.11. The number of halogens is 3. The van der Waals surface area contributed by atoms with Gasteiger partial charge < -0.3 is 15.1 Å². The predicted molar refractivity (Wildman–Crippen MR) is 136 cm³/mol. The highest BCUT2D eigenvalue weighted by molar-refractivity contribution is 7.98. The van der Waals surface area contributed by atoms with Gasteiger partial charge >= 0.3 is 0 Å². The highest BCUT2D eigenvalue weighted by atomic mass is 32.2. The van der Waals surface area contributed by atoms with E-state index in [4.69, 9.17) is 4.42 Å². The van der Waals surface area contributed by atoms with Crippen LogP contribution >= 0.6 is 11.8 Å². The number of nitrogens with one attached hydrogen (secondary N) is 2. The summed E-state index contributed by atoms with van der Waals surface area (Å²) in [5, 5.41) is 4.40. The average Bonchev–Trinajstić information content (AvgIpc) is 2.76. The van der Waals surface area contributed by atoms with Crippen molar-refractivity contribution in [2.45, 2.75) is 46.4 Å². The van der Waals surface area contributed by atoms with Crippen LogP contribution in [0.5, 0.6) is 0 Å².